The van der Waals surface area contributed by atoms with Crippen molar-refractivity contribution in [2.75, 3.05) is 13.7 Å². The maximum atomic E-state index is 12.3. The molecule has 3 nitrogen and oxygen atoms in total. The van der Waals surface area contributed by atoms with E-state index in [1.165, 1.54) is 19.3 Å². The Morgan fingerprint density at radius 3 is 2.86 bits per heavy atom. The van der Waals surface area contributed by atoms with Crippen molar-refractivity contribution in [2.45, 2.75) is 33.1 Å². The summed E-state index contributed by atoms with van der Waals surface area (Å²) in [6.07, 6.45) is 3.94. The van der Waals surface area contributed by atoms with Crippen LogP contribution in [0.2, 0.25) is 0 Å². The van der Waals surface area contributed by atoms with E-state index in [4.69, 9.17) is 4.74 Å². The molecule has 0 unspecified atom stereocenters. The summed E-state index contributed by atoms with van der Waals surface area (Å²) in [5, 5.41) is 3.12. The van der Waals surface area contributed by atoms with E-state index in [2.05, 4.69) is 19.2 Å². The Labute approximate surface area is 127 Å². The van der Waals surface area contributed by atoms with Crippen LogP contribution in [0.1, 0.15) is 43.5 Å². The van der Waals surface area contributed by atoms with Crippen LogP contribution in [0, 0.1) is 23.2 Å². The second-order valence-electron chi connectivity index (χ2n) is 7.14. The first-order valence-electron chi connectivity index (χ1n) is 7.94. The molecule has 3 saturated carbocycles. The van der Waals surface area contributed by atoms with E-state index in [1.807, 2.05) is 18.2 Å². The molecule has 0 aromatic heterocycles. The van der Waals surface area contributed by atoms with Crippen molar-refractivity contribution < 1.29 is 9.53 Å². The van der Waals surface area contributed by atoms with Crippen molar-refractivity contribution in [1.29, 1.82) is 0 Å². The van der Waals surface area contributed by atoms with Crippen molar-refractivity contribution in [3.8, 4) is 5.75 Å². The molecule has 3 aliphatic carbocycles. The van der Waals surface area contributed by atoms with Gasteiger partial charge in [0.25, 0.3) is 5.91 Å². The number of ether oxygens (including phenoxy) is 1. The summed E-state index contributed by atoms with van der Waals surface area (Å²) in [4.78, 5) is 12.3. The molecule has 3 atom stereocenters. The Kier molecular flexibility index (Phi) is 3.68. The first-order chi connectivity index (χ1) is 10.0. The van der Waals surface area contributed by atoms with Crippen LogP contribution in [0.4, 0.5) is 0 Å². The molecule has 21 heavy (non-hydrogen) atoms. The molecule has 4 rings (SSSR count). The summed E-state index contributed by atoms with van der Waals surface area (Å²) in [5.41, 5.74) is 1.15. The number of benzene rings is 1. The second-order valence-corrected chi connectivity index (χ2v) is 7.14. The lowest BCUT2D eigenvalue weighted by molar-refractivity contribution is -0.103. The quantitative estimate of drug-likeness (QED) is 0.920. The highest BCUT2D eigenvalue weighted by molar-refractivity contribution is 5.94. The Morgan fingerprint density at radius 2 is 2.19 bits per heavy atom. The maximum absolute atomic E-state index is 12.3. The van der Waals surface area contributed by atoms with Gasteiger partial charge in [0.1, 0.15) is 5.75 Å². The summed E-state index contributed by atoms with van der Waals surface area (Å²) in [6, 6.07) is 7.34. The molecule has 3 heteroatoms. The van der Waals surface area contributed by atoms with Gasteiger partial charge in [-0.3, -0.25) is 4.79 Å². The van der Waals surface area contributed by atoms with E-state index in [1.54, 1.807) is 13.2 Å². The Balaban J connectivity index is 1.58. The Bertz CT molecular complexity index is 536. The highest BCUT2D eigenvalue weighted by atomic mass is 16.5. The summed E-state index contributed by atoms with van der Waals surface area (Å²) in [5.74, 6) is 3.06. The van der Waals surface area contributed by atoms with Gasteiger partial charge < -0.3 is 10.1 Å². The number of hydrogen-bond acceptors (Lipinski definition) is 2. The lowest BCUT2D eigenvalue weighted by Gasteiger charge is -2.60. The smallest absolute Gasteiger partial charge is 0.251 e. The minimum atomic E-state index is 0.00755. The van der Waals surface area contributed by atoms with Crippen molar-refractivity contribution in [1.82, 2.24) is 5.32 Å². The SMILES string of the molecule is COc1cccc(C(=O)NC[C@@H]2CC[C@H]3C[C@@H]2C3(C)C)c1. The molecule has 0 heterocycles. The summed E-state index contributed by atoms with van der Waals surface area (Å²) >= 11 is 0. The minimum absolute atomic E-state index is 0.00755. The highest BCUT2D eigenvalue weighted by Crippen LogP contribution is 2.61. The third-order valence-corrected chi connectivity index (χ3v) is 5.86. The van der Waals surface area contributed by atoms with Crippen LogP contribution in [0.15, 0.2) is 24.3 Å². The standard InChI is InChI=1S/C18H25NO2/c1-18(2)14-8-7-13(16(18)10-14)11-19-17(20)12-5-4-6-15(9-12)21-3/h4-6,9,13-14,16H,7-8,10-11H2,1-3H3,(H,19,20)/t13-,14-,16-/m0/s1. The third kappa shape index (κ3) is 2.54. The first kappa shape index (κ1) is 14.4. The predicted molar refractivity (Wildman–Crippen MR) is 83.4 cm³/mol. The van der Waals surface area contributed by atoms with Crippen molar-refractivity contribution in [3.63, 3.8) is 0 Å². The molecule has 0 radical (unpaired) electrons. The van der Waals surface area contributed by atoms with Crippen LogP contribution in [-0.4, -0.2) is 19.6 Å². The van der Waals surface area contributed by atoms with E-state index < -0.39 is 0 Å². The van der Waals surface area contributed by atoms with E-state index in [0.29, 0.717) is 16.9 Å². The topological polar surface area (TPSA) is 38.3 Å². The van der Waals surface area contributed by atoms with E-state index in [0.717, 1.165) is 24.1 Å². The van der Waals surface area contributed by atoms with Crippen molar-refractivity contribution in [3.05, 3.63) is 29.8 Å². The monoisotopic (exact) mass is 287 g/mol. The van der Waals surface area contributed by atoms with Crippen LogP contribution in [0.5, 0.6) is 5.75 Å². The average molecular weight is 287 g/mol. The van der Waals surface area contributed by atoms with Crippen LogP contribution >= 0.6 is 0 Å². The zero-order valence-corrected chi connectivity index (χ0v) is 13.2. The Hall–Kier alpha value is -1.51. The second kappa shape index (κ2) is 5.36. The van der Waals surface area contributed by atoms with Gasteiger partial charge in [0, 0.05) is 12.1 Å². The van der Waals surface area contributed by atoms with Gasteiger partial charge in [-0.1, -0.05) is 19.9 Å². The molecule has 2 bridgehead atoms. The number of carbonyl (C=O) groups excluding carboxylic acids is 1. The molecule has 1 aromatic rings. The molecule has 3 fully saturated rings. The zero-order valence-electron chi connectivity index (χ0n) is 13.2. The van der Waals surface area contributed by atoms with Crippen LogP contribution in [0.25, 0.3) is 0 Å². The number of hydrogen-bond donors (Lipinski definition) is 1. The number of rotatable bonds is 4. The average Bonchev–Trinajstić information content (AvgIpc) is 2.52. The van der Waals surface area contributed by atoms with E-state index in [-0.39, 0.29) is 5.91 Å². The van der Waals surface area contributed by atoms with Gasteiger partial charge in [-0.05, 0) is 60.6 Å². The van der Waals surface area contributed by atoms with Gasteiger partial charge in [0.05, 0.1) is 7.11 Å². The highest BCUT2D eigenvalue weighted by Gasteiger charge is 2.53. The number of methoxy groups -OCH3 is 1. The lowest BCUT2D eigenvalue weighted by atomic mass is 9.45. The van der Waals surface area contributed by atoms with Gasteiger partial charge in [-0.15, -0.1) is 0 Å². The maximum Gasteiger partial charge on any atom is 0.251 e. The summed E-state index contributed by atoms with van der Waals surface area (Å²) < 4.78 is 5.17. The largest absolute Gasteiger partial charge is 0.497 e. The molecule has 3 aliphatic rings. The normalized spacial score (nSPS) is 29.4. The zero-order chi connectivity index (χ0) is 15.0. The minimum Gasteiger partial charge on any atom is -0.497 e. The lowest BCUT2D eigenvalue weighted by Crippen LogP contribution is -2.54. The third-order valence-electron chi connectivity index (χ3n) is 5.86. The fourth-order valence-corrected chi connectivity index (χ4v) is 4.30. The molecule has 1 aromatic carbocycles. The summed E-state index contributed by atoms with van der Waals surface area (Å²) in [7, 11) is 1.62. The molecule has 0 aliphatic heterocycles. The number of amides is 1. The number of nitrogens with one attached hydrogen (secondary N) is 1. The van der Waals surface area contributed by atoms with Gasteiger partial charge >= 0.3 is 0 Å². The van der Waals surface area contributed by atoms with Gasteiger partial charge in [0.15, 0.2) is 0 Å². The van der Waals surface area contributed by atoms with Crippen LogP contribution in [-0.2, 0) is 0 Å². The fraction of sp³-hybridized carbons (Fsp3) is 0.611. The number of carbonyl (C=O) groups is 1. The van der Waals surface area contributed by atoms with E-state index >= 15 is 0 Å². The first-order valence-corrected chi connectivity index (χ1v) is 7.94. The van der Waals surface area contributed by atoms with Gasteiger partial charge in [-0.25, -0.2) is 0 Å². The molecule has 0 saturated heterocycles. The van der Waals surface area contributed by atoms with Crippen LogP contribution in [0.3, 0.4) is 0 Å². The van der Waals surface area contributed by atoms with Gasteiger partial charge in [-0.2, -0.15) is 0 Å². The molecule has 0 spiro atoms. The number of fused-ring (bicyclic) bond motifs is 2. The molecular weight excluding hydrogens is 262 g/mol. The van der Waals surface area contributed by atoms with Crippen molar-refractivity contribution >= 4 is 5.91 Å². The molecule has 1 N–H and O–H groups in total. The summed E-state index contributed by atoms with van der Waals surface area (Å²) in [6.45, 7) is 5.58. The van der Waals surface area contributed by atoms with Crippen molar-refractivity contribution in [2.24, 2.45) is 23.2 Å². The fourth-order valence-electron chi connectivity index (χ4n) is 4.30. The predicted octanol–water partition coefficient (Wildman–Crippen LogP) is 3.50. The van der Waals surface area contributed by atoms with Gasteiger partial charge in [0.2, 0.25) is 0 Å². The van der Waals surface area contributed by atoms with E-state index in [9.17, 15) is 4.79 Å². The molecule has 114 valence electrons. The molecular formula is C18H25NO2. The Morgan fingerprint density at radius 1 is 1.38 bits per heavy atom. The molecule has 1 amide bonds. The van der Waals surface area contributed by atoms with Crippen LogP contribution < -0.4 is 10.1 Å².